The maximum Gasteiger partial charge on any atom is 0.344 e. The van der Waals surface area contributed by atoms with E-state index in [1.165, 1.54) is 7.11 Å². The lowest BCUT2D eigenvalue weighted by Gasteiger charge is -2.08. The van der Waals surface area contributed by atoms with E-state index < -0.39 is 5.97 Å². The second kappa shape index (κ2) is 10.4. The van der Waals surface area contributed by atoms with Gasteiger partial charge in [0, 0.05) is 4.47 Å². The molecule has 0 saturated heterocycles. The number of rotatable bonds is 9. The molecule has 3 rings (SSSR count). The molecule has 30 heavy (non-hydrogen) atoms. The fourth-order valence-electron chi connectivity index (χ4n) is 2.39. The SMILES string of the molecule is COc1ccccc1NC(=O)Cc1noc(COC(=O)COc2cccc(Br)c2)n1. The Labute approximate surface area is 180 Å². The van der Waals surface area contributed by atoms with Crippen LogP contribution in [0.15, 0.2) is 57.5 Å². The molecule has 0 saturated carbocycles. The Kier molecular flexibility index (Phi) is 7.39. The van der Waals surface area contributed by atoms with Crippen LogP contribution < -0.4 is 14.8 Å². The van der Waals surface area contributed by atoms with Gasteiger partial charge in [-0.2, -0.15) is 4.98 Å². The number of aromatic nitrogens is 2. The van der Waals surface area contributed by atoms with Gasteiger partial charge in [0.05, 0.1) is 19.2 Å². The van der Waals surface area contributed by atoms with Crippen LogP contribution in [0.4, 0.5) is 5.69 Å². The molecule has 0 bridgehead atoms. The highest BCUT2D eigenvalue weighted by Gasteiger charge is 2.14. The number of anilines is 1. The molecule has 0 aliphatic carbocycles. The van der Waals surface area contributed by atoms with Crippen LogP contribution in [0.5, 0.6) is 11.5 Å². The molecule has 156 valence electrons. The number of halogens is 1. The van der Waals surface area contributed by atoms with Crippen molar-refractivity contribution in [1.82, 2.24) is 10.1 Å². The molecule has 0 radical (unpaired) electrons. The van der Waals surface area contributed by atoms with Crippen LogP contribution in [0.25, 0.3) is 0 Å². The van der Waals surface area contributed by atoms with Gasteiger partial charge in [0.1, 0.15) is 11.5 Å². The number of esters is 1. The van der Waals surface area contributed by atoms with Crippen LogP contribution in [0.1, 0.15) is 11.7 Å². The second-order valence-electron chi connectivity index (χ2n) is 5.94. The summed E-state index contributed by atoms with van der Waals surface area (Å²) >= 11 is 3.32. The van der Waals surface area contributed by atoms with E-state index in [0.29, 0.717) is 17.2 Å². The molecule has 2 aromatic carbocycles. The maximum absolute atomic E-state index is 12.2. The summed E-state index contributed by atoms with van der Waals surface area (Å²) in [6.45, 7) is -0.486. The largest absolute Gasteiger partial charge is 0.495 e. The van der Waals surface area contributed by atoms with E-state index in [-0.39, 0.29) is 37.3 Å². The minimum absolute atomic E-state index is 0.0749. The molecular weight excluding hydrogens is 458 g/mol. The summed E-state index contributed by atoms with van der Waals surface area (Å²) in [4.78, 5) is 28.0. The van der Waals surface area contributed by atoms with Crippen LogP contribution in [-0.2, 0) is 27.4 Å². The minimum Gasteiger partial charge on any atom is -0.495 e. The molecule has 0 spiro atoms. The van der Waals surface area contributed by atoms with Crippen molar-refractivity contribution < 1.29 is 28.3 Å². The maximum atomic E-state index is 12.2. The molecule has 9 nitrogen and oxygen atoms in total. The van der Waals surface area contributed by atoms with Gasteiger partial charge < -0.3 is 24.1 Å². The van der Waals surface area contributed by atoms with Crippen LogP contribution in [0.3, 0.4) is 0 Å². The summed E-state index contributed by atoms with van der Waals surface area (Å²) in [5.41, 5.74) is 0.535. The number of para-hydroxylation sites is 2. The van der Waals surface area contributed by atoms with Crippen molar-refractivity contribution in [3.8, 4) is 11.5 Å². The molecule has 0 fully saturated rings. The molecule has 10 heteroatoms. The average Bonchev–Trinajstić information content (AvgIpc) is 3.18. The predicted molar refractivity (Wildman–Crippen MR) is 109 cm³/mol. The lowest BCUT2D eigenvalue weighted by molar-refractivity contribution is -0.148. The first kappa shape index (κ1) is 21.3. The highest BCUT2D eigenvalue weighted by atomic mass is 79.9. The third-order valence-electron chi connectivity index (χ3n) is 3.72. The lowest BCUT2D eigenvalue weighted by atomic mass is 10.2. The van der Waals surface area contributed by atoms with Gasteiger partial charge in [-0.05, 0) is 30.3 Å². The van der Waals surface area contributed by atoms with E-state index in [0.717, 1.165) is 4.47 Å². The standard InChI is InChI=1S/C20H18BrN3O6/c1-27-16-8-3-2-7-15(16)22-18(25)10-17-23-19(30-24-17)11-29-20(26)12-28-14-6-4-5-13(21)9-14/h2-9H,10-12H2,1H3,(H,22,25). The molecule has 1 amide bonds. The monoisotopic (exact) mass is 475 g/mol. The summed E-state index contributed by atoms with van der Waals surface area (Å²) < 4.78 is 21.4. The zero-order valence-electron chi connectivity index (χ0n) is 16.0. The number of hydrogen-bond donors (Lipinski definition) is 1. The highest BCUT2D eigenvalue weighted by molar-refractivity contribution is 9.10. The Morgan fingerprint density at radius 2 is 2.00 bits per heavy atom. The van der Waals surface area contributed by atoms with E-state index in [9.17, 15) is 9.59 Å². The summed E-state index contributed by atoms with van der Waals surface area (Å²) in [5.74, 6) is 0.374. The number of carbonyl (C=O) groups is 2. The lowest BCUT2D eigenvalue weighted by Crippen LogP contribution is -2.16. The predicted octanol–water partition coefficient (Wildman–Crippen LogP) is 3.14. The van der Waals surface area contributed by atoms with Crippen molar-refractivity contribution in [2.75, 3.05) is 19.0 Å². The van der Waals surface area contributed by atoms with Crippen molar-refractivity contribution in [2.45, 2.75) is 13.0 Å². The van der Waals surface area contributed by atoms with Crippen molar-refractivity contribution in [3.05, 3.63) is 64.7 Å². The molecule has 0 atom stereocenters. The average molecular weight is 476 g/mol. The Balaban J connectivity index is 1.44. The zero-order chi connectivity index (χ0) is 21.3. The van der Waals surface area contributed by atoms with E-state index in [1.54, 1.807) is 42.5 Å². The van der Waals surface area contributed by atoms with Crippen LogP contribution in [0, 0.1) is 0 Å². The Hall–Kier alpha value is -3.40. The summed E-state index contributed by atoms with van der Waals surface area (Å²) in [6.07, 6.45) is -0.110. The number of methoxy groups -OCH3 is 1. The van der Waals surface area contributed by atoms with Gasteiger partial charge in [0.25, 0.3) is 5.89 Å². The summed E-state index contributed by atoms with van der Waals surface area (Å²) in [5, 5.41) is 6.43. The first-order chi connectivity index (χ1) is 14.5. The number of nitrogens with one attached hydrogen (secondary N) is 1. The second-order valence-corrected chi connectivity index (χ2v) is 6.85. The van der Waals surface area contributed by atoms with Gasteiger partial charge in [-0.1, -0.05) is 39.3 Å². The third kappa shape index (κ3) is 6.31. The highest BCUT2D eigenvalue weighted by Crippen LogP contribution is 2.23. The van der Waals surface area contributed by atoms with E-state index >= 15 is 0 Å². The molecular formula is C20H18BrN3O6. The smallest absolute Gasteiger partial charge is 0.344 e. The minimum atomic E-state index is -0.594. The molecule has 0 aliphatic heterocycles. The quantitative estimate of drug-likeness (QED) is 0.469. The van der Waals surface area contributed by atoms with Crippen molar-refractivity contribution in [2.24, 2.45) is 0 Å². The molecule has 1 aromatic heterocycles. The number of amides is 1. The molecule has 1 N–H and O–H groups in total. The normalized spacial score (nSPS) is 10.3. The van der Waals surface area contributed by atoms with Crippen LogP contribution >= 0.6 is 15.9 Å². The first-order valence-corrected chi connectivity index (χ1v) is 9.61. The Bertz CT molecular complexity index is 1020. The fourth-order valence-corrected chi connectivity index (χ4v) is 2.77. The van der Waals surface area contributed by atoms with E-state index in [1.807, 2.05) is 6.07 Å². The fraction of sp³-hybridized carbons (Fsp3) is 0.200. The van der Waals surface area contributed by atoms with Gasteiger partial charge in [0.2, 0.25) is 5.91 Å². The topological polar surface area (TPSA) is 113 Å². The number of hydrogen-bond acceptors (Lipinski definition) is 8. The summed E-state index contributed by atoms with van der Waals surface area (Å²) in [7, 11) is 1.52. The van der Waals surface area contributed by atoms with Crippen molar-refractivity contribution in [3.63, 3.8) is 0 Å². The van der Waals surface area contributed by atoms with Crippen LogP contribution in [0.2, 0.25) is 0 Å². The van der Waals surface area contributed by atoms with Gasteiger partial charge in [-0.25, -0.2) is 4.79 Å². The molecule has 3 aromatic rings. The van der Waals surface area contributed by atoms with E-state index in [2.05, 4.69) is 31.4 Å². The van der Waals surface area contributed by atoms with Gasteiger partial charge in [-0.3, -0.25) is 4.79 Å². The van der Waals surface area contributed by atoms with Crippen molar-refractivity contribution in [1.29, 1.82) is 0 Å². The van der Waals surface area contributed by atoms with Gasteiger partial charge in [-0.15, -0.1) is 0 Å². The molecule has 0 aliphatic rings. The van der Waals surface area contributed by atoms with Crippen LogP contribution in [-0.4, -0.2) is 35.7 Å². The third-order valence-corrected chi connectivity index (χ3v) is 4.21. The Morgan fingerprint density at radius 3 is 2.80 bits per heavy atom. The van der Waals surface area contributed by atoms with Gasteiger partial charge in [0.15, 0.2) is 19.0 Å². The molecule has 1 heterocycles. The number of benzene rings is 2. The van der Waals surface area contributed by atoms with E-state index in [4.69, 9.17) is 18.7 Å². The number of ether oxygens (including phenoxy) is 3. The summed E-state index contributed by atoms with van der Waals surface area (Å²) in [6, 6.07) is 14.1. The molecule has 0 unspecified atom stereocenters. The van der Waals surface area contributed by atoms with Gasteiger partial charge >= 0.3 is 5.97 Å². The Morgan fingerprint density at radius 1 is 1.17 bits per heavy atom. The van der Waals surface area contributed by atoms with Crippen molar-refractivity contribution >= 4 is 33.5 Å². The number of carbonyl (C=O) groups excluding carboxylic acids is 2. The zero-order valence-corrected chi connectivity index (χ0v) is 17.5. The number of nitrogens with zero attached hydrogens (tertiary/aromatic N) is 2. The first-order valence-electron chi connectivity index (χ1n) is 8.82.